The Kier molecular flexibility index (Phi) is 4.75. The van der Waals surface area contributed by atoms with E-state index in [4.69, 9.17) is 4.74 Å². The van der Waals surface area contributed by atoms with Crippen molar-refractivity contribution in [1.82, 2.24) is 9.80 Å². The van der Waals surface area contributed by atoms with E-state index < -0.39 is 23.5 Å². The molecular formula is C19H26F2N2O2. The van der Waals surface area contributed by atoms with Gasteiger partial charge in [-0.05, 0) is 32.8 Å². The van der Waals surface area contributed by atoms with Crippen molar-refractivity contribution in [3.8, 4) is 0 Å². The lowest BCUT2D eigenvalue weighted by molar-refractivity contribution is -0.0529. The normalized spacial score (nSPS) is 26.4. The van der Waals surface area contributed by atoms with Gasteiger partial charge in [0.2, 0.25) is 0 Å². The van der Waals surface area contributed by atoms with E-state index in [9.17, 15) is 13.6 Å². The number of rotatable bonds is 2. The van der Waals surface area contributed by atoms with Gasteiger partial charge in [0.05, 0.1) is 12.5 Å². The van der Waals surface area contributed by atoms with Crippen LogP contribution >= 0.6 is 0 Å². The molecule has 2 unspecified atom stereocenters. The number of fused-ring (bicyclic) bond motifs is 1. The molecule has 25 heavy (non-hydrogen) atoms. The second-order valence-corrected chi connectivity index (χ2v) is 8.04. The van der Waals surface area contributed by atoms with Crippen LogP contribution in [0.4, 0.5) is 13.6 Å². The lowest BCUT2D eigenvalue weighted by Crippen LogP contribution is -2.51. The summed E-state index contributed by atoms with van der Waals surface area (Å²) in [4.78, 5) is 15.5. The minimum absolute atomic E-state index is 0.0534. The van der Waals surface area contributed by atoms with Crippen LogP contribution < -0.4 is 0 Å². The van der Waals surface area contributed by atoms with Crippen LogP contribution in [-0.4, -0.2) is 53.1 Å². The third kappa shape index (κ3) is 4.11. The highest BCUT2D eigenvalue weighted by Gasteiger charge is 2.56. The fourth-order valence-electron chi connectivity index (χ4n) is 3.78. The summed E-state index contributed by atoms with van der Waals surface area (Å²) in [6.07, 6.45) is 0.0510. The fraction of sp³-hybridized carbons (Fsp3) is 0.632. The molecule has 3 rings (SSSR count). The molecular weight excluding hydrogens is 326 g/mol. The largest absolute Gasteiger partial charge is 0.444 e. The maximum atomic E-state index is 14.6. The molecule has 1 aromatic rings. The molecule has 0 aliphatic carbocycles. The Morgan fingerprint density at radius 1 is 1.28 bits per heavy atom. The summed E-state index contributed by atoms with van der Waals surface area (Å²) >= 11 is 0. The molecule has 4 nitrogen and oxygen atoms in total. The molecule has 2 atom stereocenters. The maximum absolute atomic E-state index is 14.6. The van der Waals surface area contributed by atoms with Crippen LogP contribution in [0.25, 0.3) is 0 Å². The van der Waals surface area contributed by atoms with Crippen LogP contribution in [0.2, 0.25) is 0 Å². The van der Waals surface area contributed by atoms with Crippen molar-refractivity contribution in [2.24, 2.45) is 5.92 Å². The summed E-state index contributed by atoms with van der Waals surface area (Å²) in [6, 6.07) is 9.49. The summed E-state index contributed by atoms with van der Waals surface area (Å²) in [5.41, 5.74) is 0.416. The highest BCUT2D eigenvalue weighted by Crippen LogP contribution is 2.42. The molecule has 0 bridgehead atoms. The molecule has 0 radical (unpaired) electrons. The molecule has 2 aliphatic heterocycles. The monoisotopic (exact) mass is 352 g/mol. The van der Waals surface area contributed by atoms with Gasteiger partial charge in [0.25, 0.3) is 5.92 Å². The topological polar surface area (TPSA) is 32.8 Å². The number of hydrogen-bond acceptors (Lipinski definition) is 3. The van der Waals surface area contributed by atoms with Crippen LogP contribution in [0.3, 0.4) is 0 Å². The number of likely N-dealkylation sites (tertiary alicyclic amines) is 2. The van der Waals surface area contributed by atoms with E-state index in [-0.39, 0.29) is 19.1 Å². The first-order valence-corrected chi connectivity index (χ1v) is 8.79. The van der Waals surface area contributed by atoms with Gasteiger partial charge in [-0.3, -0.25) is 4.90 Å². The molecule has 1 amide bonds. The Bertz CT molecular complexity index is 616. The first-order valence-electron chi connectivity index (χ1n) is 8.79. The number of carbonyl (C=O) groups is 1. The zero-order chi connectivity index (χ0) is 18.2. The quantitative estimate of drug-likeness (QED) is 0.812. The summed E-state index contributed by atoms with van der Waals surface area (Å²) in [6.45, 7) is 6.12. The average Bonchev–Trinajstić information content (AvgIpc) is 2.77. The van der Waals surface area contributed by atoms with Crippen molar-refractivity contribution < 1.29 is 18.3 Å². The van der Waals surface area contributed by atoms with Gasteiger partial charge in [0, 0.05) is 25.7 Å². The number of hydrogen-bond donors (Lipinski definition) is 0. The van der Waals surface area contributed by atoms with E-state index in [1.54, 1.807) is 20.8 Å². The van der Waals surface area contributed by atoms with Crippen LogP contribution in [0.5, 0.6) is 0 Å². The lowest BCUT2D eigenvalue weighted by Gasteiger charge is -2.38. The SMILES string of the molecule is CC(C)(C)OC(=O)N1CCC2C(C1)C(F)(F)CN2Cc1ccccc1. The molecule has 138 valence electrons. The molecule has 0 aromatic heterocycles. The lowest BCUT2D eigenvalue weighted by atomic mass is 9.90. The summed E-state index contributed by atoms with van der Waals surface area (Å²) < 4.78 is 34.5. The minimum Gasteiger partial charge on any atom is -0.444 e. The van der Waals surface area contributed by atoms with Gasteiger partial charge in [-0.2, -0.15) is 0 Å². The van der Waals surface area contributed by atoms with E-state index in [0.717, 1.165) is 5.56 Å². The van der Waals surface area contributed by atoms with Crippen LogP contribution in [0.15, 0.2) is 30.3 Å². The molecule has 0 spiro atoms. The van der Waals surface area contributed by atoms with E-state index in [1.807, 2.05) is 35.2 Å². The smallest absolute Gasteiger partial charge is 0.410 e. The molecule has 2 saturated heterocycles. The third-order valence-electron chi connectivity index (χ3n) is 4.88. The number of carbonyl (C=O) groups excluding carboxylic acids is 1. The zero-order valence-corrected chi connectivity index (χ0v) is 15.0. The number of ether oxygens (including phenoxy) is 1. The van der Waals surface area contributed by atoms with Crippen molar-refractivity contribution in [1.29, 1.82) is 0 Å². The number of nitrogens with zero attached hydrogens (tertiary/aromatic N) is 2. The first kappa shape index (κ1) is 18.1. The number of alkyl halides is 2. The van der Waals surface area contributed by atoms with E-state index in [2.05, 4.69) is 0 Å². The van der Waals surface area contributed by atoms with Gasteiger partial charge in [0.1, 0.15) is 5.60 Å². The second kappa shape index (κ2) is 6.56. The molecule has 0 saturated carbocycles. The highest BCUT2D eigenvalue weighted by atomic mass is 19.3. The van der Waals surface area contributed by atoms with Gasteiger partial charge < -0.3 is 9.64 Å². The summed E-state index contributed by atoms with van der Waals surface area (Å²) in [5.74, 6) is -3.63. The van der Waals surface area contributed by atoms with Crippen molar-refractivity contribution in [2.75, 3.05) is 19.6 Å². The average molecular weight is 352 g/mol. The second-order valence-electron chi connectivity index (χ2n) is 8.04. The predicted molar refractivity (Wildman–Crippen MR) is 91.5 cm³/mol. The van der Waals surface area contributed by atoms with Crippen LogP contribution in [0, 0.1) is 5.92 Å². The minimum atomic E-state index is -2.79. The molecule has 2 aliphatic rings. The van der Waals surface area contributed by atoms with Gasteiger partial charge >= 0.3 is 6.09 Å². The molecule has 2 fully saturated rings. The van der Waals surface area contributed by atoms with Crippen molar-refractivity contribution in [3.63, 3.8) is 0 Å². The molecule has 2 heterocycles. The Morgan fingerprint density at radius 3 is 2.60 bits per heavy atom. The molecule has 1 aromatic carbocycles. The van der Waals surface area contributed by atoms with Gasteiger partial charge in [-0.1, -0.05) is 30.3 Å². The number of benzene rings is 1. The number of amides is 1. The van der Waals surface area contributed by atoms with E-state index in [0.29, 0.717) is 19.5 Å². The number of piperidine rings is 1. The summed E-state index contributed by atoms with van der Waals surface area (Å²) in [7, 11) is 0. The zero-order valence-electron chi connectivity index (χ0n) is 15.0. The Labute approximate surface area is 147 Å². The highest BCUT2D eigenvalue weighted by molar-refractivity contribution is 5.68. The van der Waals surface area contributed by atoms with Crippen molar-refractivity contribution in [2.45, 2.75) is 51.3 Å². The van der Waals surface area contributed by atoms with Gasteiger partial charge in [-0.25, -0.2) is 13.6 Å². The van der Waals surface area contributed by atoms with Gasteiger partial charge in [0.15, 0.2) is 0 Å². The number of halogens is 2. The Hall–Kier alpha value is -1.69. The Balaban J connectivity index is 1.69. The molecule has 6 heteroatoms. The molecule has 0 N–H and O–H groups in total. The fourth-order valence-corrected chi connectivity index (χ4v) is 3.78. The Morgan fingerprint density at radius 2 is 1.96 bits per heavy atom. The van der Waals surface area contributed by atoms with E-state index in [1.165, 1.54) is 4.90 Å². The maximum Gasteiger partial charge on any atom is 0.410 e. The van der Waals surface area contributed by atoms with Crippen molar-refractivity contribution >= 4 is 6.09 Å². The van der Waals surface area contributed by atoms with Crippen molar-refractivity contribution in [3.05, 3.63) is 35.9 Å². The standard InChI is InChI=1S/C19H26F2N2O2/c1-18(2,3)25-17(24)22-10-9-16-15(12-22)19(20,21)13-23(16)11-14-7-5-4-6-8-14/h4-8,15-16H,9-13H2,1-3H3. The van der Waals surface area contributed by atoms with Crippen LogP contribution in [0.1, 0.15) is 32.8 Å². The van der Waals surface area contributed by atoms with Crippen LogP contribution in [-0.2, 0) is 11.3 Å². The summed E-state index contributed by atoms with van der Waals surface area (Å²) in [5, 5.41) is 0. The predicted octanol–water partition coefficient (Wildman–Crippen LogP) is 3.76. The van der Waals surface area contributed by atoms with E-state index >= 15 is 0 Å². The first-order chi connectivity index (χ1) is 11.7. The third-order valence-corrected chi connectivity index (χ3v) is 4.88. The van der Waals surface area contributed by atoms with Gasteiger partial charge in [-0.15, -0.1) is 0 Å².